The summed E-state index contributed by atoms with van der Waals surface area (Å²) in [6.45, 7) is 3.37. The lowest BCUT2D eigenvalue weighted by atomic mass is 10.1. The van der Waals surface area contributed by atoms with E-state index in [1.165, 1.54) is 0 Å². The first-order valence-corrected chi connectivity index (χ1v) is 4.36. The predicted molar refractivity (Wildman–Crippen MR) is 47.7 cm³/mol. The zero-order valence-electron chi connectivity index (χ0n) is 7.49. The van der Waals surface area contributed by atoms with Crippen molar-refractivity contribution in [3.63, 3.8) is 0 Å². The topological polar surface area (TPSA) is 82.1 Å². The third-order valence-corrected chi connectivity index (χ3v) is 2.14. The Bertz CT molecular complexity index is 217. The van der Waals surface area contributed by atoms with E-state index in [0.717, 1.165) is 26.2 Å². The Hall–Kier alpha value is -1.12. The number of nitrogens with one attached hydrogen (secondary N) is 1. The molecule has 72 valence electrons. The average molecular weight is 182 g/mol. The highest BCUT2D eigenvalue weighted by atomic mass is 16.1. The van der Waals surface area contributed by atoms with Crippen LogP contribution in [0, 0.1) is 11.3 Å². The minimum absolute atomic E-state index is 0.135. The molecule has 1 rings (SSSR count). The highest BCUT2D eigenvalue weighted by molar-refractivity contribution is 5.74. The zero-order chi connectivity index (χ0) is 9.68. The van der Waals surface area contributed by atoms with Crippen LogP contribution in [-0.2, 0) is 4.79 Å². The van der Waals surface area contributed by atoms with E-state index in [0.29, 0.717) is 0 Å². The minimum atomic E-state index is -0.412. The third kappa shape index (κ3) is 3.01. The number of primary amides is 1. The largest absolute Gasteiger partial charge is 0.370 e. The van der Waals surface area contributed by atoms with Gasteiger partial charge < -0.3 is 11.1 Å². The molecule has 3 N–H and O–H groups in total. The van der Waals surface area contributed by atoms with E-state index in [9.17, 15) is 4.79 Å². The van der Waals surface area contributed by atoms with Crippen LogP contribution in [0.3, 0.4) is 0 Å². The van der Waals surface area contributed by atoms with Gasteiger partial charge in [-0.25, -0.2) is 0 Å². The molecule has 1 aliphatic rings. The smallest absolute Gasteiger partial charge is 0.220 e. The highest BCUT2D eigenvalue weighted by Crippen LogP contribution is 2.04. The summed E-state index contributed by atoms with van der Waals surface area (Å²) in [7, 11) is 0. The molecule has 5 heteroatoms. The number of piperazine rings is 1. The van der Waals surface area contributed by atoms with Crippen molar-refractivity contribution < 1.29 is 4.79 Å². The van der Waals surface area contributed by atoms with Crippen LogP contribution in [0.2, 0.25) is 0 Å². The van der Waals surface area contributed by atoms with Gasteiger partial charge in [0, 0.05) is 26.2 Å². The Morgan fingerprint density at radius 1 is 1.62 bits per heavy atom. The molecule has 1 saturated heterocycles. The lowest BCUT2D eigenvalue weighted by molar-refractivity contribution is -0.118. The first-order chi connectivity index (χ1) is 6.24. The van der Waals surface area contributed by atoms with Crippen LogP contribution in [0.25, 0.3) is 0 Å². The number of rotatable bonds is 3. The Morgan fingerprint density at radius 3 is 2.69 bits per heavy atom. The first-order valence-electron chi connectivity index (χ1n) is 4.36. The number of hydrogen-bond donors (Lipinski definition) is 2. The van der Waals surface area contributed by atoms with Gasteiger partial charge in [0.15, 0.2) is 0 Å². The second kappa shape index (κ2) is 4.80. The van der Waals surface area contributed by atoms with Crippen molar-refractivity contribution in [1.29, 1.82) is 5.26 Å². The molecule has 0 saturated carbocycles. The van der Waals surface area contributed by atoms with Gasteiger partial charge in [0.25, 0.3) is 0 Å². The van der Waals surface area contributed by atoms with Crippen LogP contribution in [-0.4, -0.2) is 43.0 Å². The molecule has 1 amide bonds. The molecule has 0 aliphatic carbocycles. The van der Waals surface area contributed by atoms with Crippen LogP contribution in [0.1, 0.15) is 6.42 Å². The normalized spacial score (nSPS) is 20.5. The van der Waals surface area contributed by atoms with Crippen molar-refractivity contribution >= 4 is 5.91 Å². The summed E-state index contributed by atoms with van der Waals surface area (Å²) in [6, 6.07) is 1.75. The number of amides is 1. The monoisotopic (exact) mass is 182 g/mol. The van der Waals surface area contributed by atoms with Gasteiger partial charge in [0.05, 0.1) is 12.5 Å². The maximum atomic E-state index is 10.6. The van der Waals surface area contributed by atoms with Gasteiger partial charge in [0.2, 0.25) is 5.91 Å². The van der Waals surface area contributed by atoms with E-state index < -0.39 is 5.91 Å². The van der Waals surface area contributed by atoms with Crippen molar-refractivity contribution in [2.45, 2.75) is 12.5 Å². The summed E-state index contributed by atoms with van der Waals surface area (Å²) in [5, 5.41) is 12.0. The van der Waals surface area contributed by atoms with E-state index in [1.807, 2.05) is 4.90 Å². The second-order valence-electron chi connectivity index (χ2n) is 3.10. The predicted octanol–water partition coefficient (Wildman–Crippen LogP) is -1.34. The number of nitrogens with zero attached hydrogens (tertiary/aromatic N) is 2. The SMILES string of the molecule is N#CC(CC(N)=O)N1CCNCC1. The fraction of sp³-hybridized carbons (Fsp3) is 0.750. The maximum Gasteiger partial charge on any atom is 0.220 e. The standard InChI is InChI=1S/C8H14N4O/c9-6-7(5-8(10)13)12-3-1-11-2-4-12/h7,11H,1-5H2,(H2,10,13). The summed E-state index contributed by atoms with van der Waals surface area (Å²) in [6.07, 6.45) is 0.135. The van der Waals surface area contributed by atoms with Crippen LogP contribution >= 0.6 is 0 Å². The molecule has 5 nitrogen and oxygen atoms in total. The summed E-state index contributed by atoms with van der Waals surface area (Å²) >= 11 is 0. The van der Waals surface area contributed by atoms with Gasteiger partial charge in [-0.2, -0.15) is 5.26 Å². The van der Waals surface area contributed by atoms with Crippen LogP contribution in [0.15, 0.2) is 0 Å². The van der Waals surface area contributed by atoms with E-state index in [4.69, 9.17) is 11.0 Å². The Morgan fingerprint density at radius 2 is 2.23 bits per heavy atom. The fourth-order valence-electron chi connectivity index (χ4n) is 1.44. The number of nitrogens with two attached hydrogens (primary N) is 1. The zero-order valence-corrected chi connectivity index (χ0v) is 7.49. The maximum absolute atomic E-state index is 10.6. The molecular formula is C8H14N4O. The molecule has 0 bridgehead atoms. The number of hydrogen-bond acceptors (Lipinski definition) is 4. The van der Waals surface area contributed by atoms with E-state index in [1.54, 1.807) is 0 Å². The summed E-state index contributed by atoms with van der Waals surface area (Å²) in [4.78, 5) is 12.6. The van der Waals surface area contributed by atoms with Gasteiger partial charge in [-0.15, -0.1) is 0 Å². The quantitative estimate of drug-likeness (QED) is 0.566. The molecule has 1 atom stereocenters. The lowest BCUT2D eigenvalue weighted by Gasteiger charge is -2.30. The highest BCUT2D eigenvalue weighted by Gasteiger charge is 2.21. The van der Waals surface area contributed by atoms with E-state index in [-0.39, 0.29) is 12.5 Å². The molecule has 1 aliphatic heterocycles. The Labute approximate surface area is 77.5 Å². The summed E-state index contributed by atoms with van der Waals surface area (Å²) in [5.41, 5.74) is 5.04. The van der Waals surface area contributed by atoms with E-state index in [2.05, 4.69) is 11.4 Å². The Kier molecular flexibility index (Phi) is 3.68. The van der Waals surface area contributed by atoms with E-state index >= 15 is 0 Å². The third-order valence-electron chi connectivity index (χ3n) is 2.14. The van der Waals surface area contributed by atoms with Gasteiger partial charge in [0.1, 0.15) is 6.04 Å². The number of carbonyl (C=O) groups is 1. The molecule has 0 aromatic heterocycles. The van der Waals surface area contributed by atoms with Crippen molar-refractivity contribution in [2.75, 3.05) is 26.2 Å². The molecule has 13 heavy (non-hydrogen) atoms. The molecule has 0 spiro atoms. The minimum Gasteiger partial charge on any atom is -0.370 e. The molecule has 0 aromatic carbocycles. The van der Waals surface area contributed by atoms with Crippen molar-refractivity contribution in [3.8, 4) is 6.07 Å². The van der Waals surface area contributed by atoms with Gasteiger partial charge in [-0.05, 0) is 0 Å². The van der Waals surface area contributed by atoms with Crippen molar-refractivity contribution in [1.82, 2.24) is 10.2 Å². The number of nitriles is 1. The molecule has 1 fully saturated rings. The summed E-state index contributed by atoms with van der Waals surface area (Å²) in [5.74, 6) is -0.412. The van der Waals surface area contributed by atoms with Gasteiger partial charge >= 0.3 is 0 Å². The molecule has 0 aromatic rings. The van der Waals surface area contributed by atoms with Gasteiger partial charge in [-0.3, -0.25) is 9.69 Å². The van der Waals surface area contributed by atoms with Crippen LogP contribution < -0.4 is 11.1 Å². The second-order valence-corrected chi connectivity index (χ2v) is 3.10. The molecule has 0 radical (unpaired) electrons. The lowest BCUT2D eigenvalue weighted by Crippen LogP contribution is -2.48. The average Bonchev–Trinajstić information content (AvgIpc) is 2.15. The van der Waals surface area contributed by atoms with Crippen LogP contribution in [0.4, 0.5) is 0 Å². The number of carbonyl (C=O) groups excluding carboxylic acids is 1. The molecule has 1 unspecified atom stereocenters. The van der Waals surface area contributed by atoms with Gasteiger partial charge in [-0.1, -0.05) is 0 Å². The van der Waals surface area contributed by atoms with Crippen LogP contribution in [0.5, 0.6) is 0 Å². The van der Waals surface area contributed by atoms with Crippen molar-refractivity contribution in [2.24, 2.45) is 5.73 Å². The summed E-state index contributed by atoms with van der Waals surface area (Å²) < 4.78 is 0. The Balaban J connectivity index is 2.45. The van der Waals surface area contributed by atoms with Crippen molar-refractivity contribution in [3.05, 3.63) is 0 Å². The first kappa shape index (κ1) is 9.96. The molecular weight excluding hydrogens is 168 g/mol. The molecule has 1 heterocycles. The fourth-order valence-corrected chi connectivity index (χ4v) is 1.44.